The molecule has 2 aromatic carbocycles. The number of hydrogen-bond donors (Lipinski definition) is 1. The van der Waals surface area contributed by atoms with Gasteiger partial charge in [-0.2, -0.15) is 0 Å². The average molecular weight is 285 g/mol. The molecule has 3 aromatic rings. The van der Waals surface area contributed by atoms with E-state index in [9.17, 15) is 0 Å². The highest BCUT2D eigenvalue weighted by Crippen LogP contribution is 2.32. The summed E-state index contributed by atoms with van der Waals surface area (Å²) in [7, 11) is 0. The predicted octanol–water partition coefficient (Wildman–Crippen LogP) is 4.45. The fraction of sp³-hybridized carbons (Fsp3) is 0.0625. The molecule has 20 heavy (non-hydrogen) atoms. The number of halogens is 1. The summed E-state index contributed by atoms with van der Waals surface area (Å²) in [5, 5.41) is 0.645. The van der Waals surface area contributed by atoms with Crippen LogP contribution < -0.4 is 4.74 Å². The Hall–Kier alpha value is -2.26. The van der Waals surface area contributed by atoms with Gasteiger partial charge in [0.05, 0.1) is 16.6 Å². The monoisotopic (exact) mass is 284 g/mol. The molecule has 1 heterocycles. The predicted molar refractivity (Wildman–Crippen MR) is 82.2 cm³/mol. The summed E-state index contributed by atoms with van der Waals surface area (Å²) < 4.78 is 5.66. The van der Waals surface area contributed by atoms with Gasteiger partial charge in [-0.05, 0) is 30.3 Å². The van der Waals surface area contributed by atoms with E-state index in [1.165, 1.54) is 0 Å². The molecule has 0 atom stereocenters. The smallest absolute Gasteiger partial charge is 0.142 e. The maximum absolute atomic E-state index is 6.08. The zero-order valence-electron chi connectivity index (χ0n) is 10.8. The highest BCUT2D eigenvalue weighted by Gasteiger charge is 2.11. The zero-order chi connectivity index (χ0) is 13.9. The molecule has 0 bridgehead atoms. The van der Waals surface area contributed by atoms with E-state index < -0.39 is 0 Å². The Morgan fingerprint density at radius 2 is 2.10 bits per heavy atom. The summed E-state index contributed by atoms with van der Waals surface area (Å²) in [6, 6.07) is 13.4. The maximum atomic E-state index is 6.08. The number of imidazole rings is 1. The van der Waals surface area contributed by atoms with Crippen LogP contribution in [0.15, 0.2) is 55.1 Å². The first kappa shape index (κ1) is 12.8. The lowest BCUT2D eigenvalue weighted by atomic mass is 10.2. The van der Waals surface area contributed by atoms with Crippen LogP contribution in [0.4, 0.5) is 0 Å². The normalized spacial score (nSPS) is 10.7. The Bertz CT molecular complexity index is 731. The minimum Gasteiger partial charge on any atom is -0.489 e. The summed E-state index contributed by atoms with van der Waals surface area (Å²) in [6.45, 7) is 4.10. The van der Waals surface area contributed by atoms with E-state index in [0.717, 1.165) is 28.2 Å². The van der Waals surface area contributed by atoms with Crippen LogP contribution in [0.25, 0.3) is 22.4 Å². The summed E-state index contributed by atoms with van der Waals surface area (Å²) in [4.78, 5) is 7.85. The molecule has 100 valence electrons. The van der Waals surface area contributed by atoms with Gasteiger partial charge in [-0.15, -0.1) is 0 Å². The lowest BCUT2D eigenvalue weighted by molar-refractivity contribution is 0.364. The van der Waals surface area contributed by atoms with Crippen molar-refractivity contribution >= 4 is 22.6 Å². The van der Waals surface area contributed by atoms with Crippen molar-refractivity contribution in [3.05, 3.63) is 60.1 Å². The van der Waals surface area contributed by atoms with E-state index >= 15 is 0 Å². The topological polar surface area (TPSA) is 37.9 Å². The van der Waals surface area contributed by atoms with Crippen LogP contribution in [-0.2, 0) is 0 Å². The summed E-state index contributed by atoms with van der Waals surface area (Å²) in [6.07, 6.45) is 1.71. The molecule has 0 amide bonds. The van der Waals surface area contributed by atoms with E-state index in [4.69, 9.17) is 16.3 Å². The number of nitrogens with one attached hydrogen (secondary N) is 1. The lowest BCUT2D eigenvalue weighted by Gasteiger charge is -2.08. The highest BCUT2D eigenvalue weighted by molar-refractivity contribution is 6.30. The van der Waals surface area contributed by atoms with Crippen LogP contribution in [0, 0.1) is 0 Å². The van der Waals surface area contributed by atoms with Crippen LogP contribution in [0.5, 0.6) is 5.75 Å². The highest BCUT2D eigenvalue weighted by atomic mass is 35.5. The third kappa shape index (κ3) is 2.40. The number of ether oxygens (including phenoxy) is 1. The fourth-order valence-electron chi connectivity index (χ4n) is 2.04. The lowest BCUT2D eigenvalue weighted by Crippen LogP contribution is -1.95. The van der Waals surface area contributed by atoms with E-state index in [1.807, 2.05) is 36.4 Å². The van der Waals surface area contributed by atoms with E-state index in [1.54, 1.807) is 12.1 Å². The molecule has 0 spiro atoms. The van der Waals surface area contributed by atoms with Gasteiger partial charge < -0.3 is 9.72 Å². The Balaban J connectivity index is 2.11. The number of hydrogen-bond acceptors (Lipinski definition) is 2. The van der Waals surface area contributed by atoms with Crippen molar-refractivity contribution in [2.45, 2.75) is 0 Å². The van der Waals surface area contributed by atoms with Crippen LogP contribution in [0.2, 0.25) is 5.02 Å². The standard InChI is InChI=1S/C16H13ClN2O/c1-2-9-20-15-8-7-11(17)10-12(15)16-18-13-5-3-4-6-14(13)19-16/h2-8,10H,1,9H2,(H,18,19). The van der Waals surface area contributed by atoms with Crippen molar-refractivity contribution in [2.24, 2.45) is 0 Å². The molecule has 1 aromatic heterocycles. The van der Waals surface area contributed by atoms with Gasteiger partial charge in [0.2, 0.25) is 0 Å². The molecule has 0 aliphatic rings. The van der Waals surface area contributed by atoms with Gasteiger partial charge in [-0.3, -0.25) is 0 Å². The van der Waals surface area contributed by atoms with Crippen LogP contribution in [0.3, 0.4) is 0 Å². The number of benzene rings is 2. The van der Waals surface area contributed by atoms with E-state index in [2.05, 4.69) is 16.5 Å². The number of fused-ring (bicyclic) bond motifs is 1. The number of para-hydroxylation sites is 2. The van der Waals surface area contributed by atoms with Crippen molar-refractivity contribution in [3.8, 4) is 17.1 Å². The molecule has 1 N–H and O–H groups in total. The molecular weight excluding hydrogens is 272 g/mol. The Morgan fingerprint density at radius 1 is 1.25 bits per heavy atom. The first-order valence-electron chi connectivity index (χ1n) is 6.26. The number of rotatable bonds is 4. The SMILES string of the molecule is C=CCOc1ccc(Cl)cc1-c1nc2ccccc2[nH]1. The molecule has 0 aliphatic heterocycles. The molecule has 0 fully saturated rings. The number of H-pyrrole nitrogens is 1. The minimum absolute atomic E-state index is 0.439. The fourth-order valence-corrected chi connectivity index (χ4v) is 2.21. The van der Waals surface area contributed by atoms with Gasteiger partial charge in [-0.25, -0.2) is 4.98 Å². The molecular formula is C16H13ClN2O. The molecule has 0 saturated heterocycles. The molecule has 0 saturated carbocycles. The van der Waals surface area contributed by atoms with E-state index in [-0.39, 0.29) is 0 Å². The Kier molecular flexibility index (Phi) is 3.44. The van der Waals surface area contributed by atoms with Gasteiger partial charge in [0.25, 0.3) is 0 Å². The number of nitrogens with zero attached hydrogens (tertiary/aromatic N) is 1. The first-order valence-corrected chi connectivity index (χ1v) is 6.64. The van der Waals surface area contributed by atoms with Crippen LogP contribution >= 0.6 is 11.6 Å². The molecule has 3 nitrogen and oxygen atoms in total. The van der Waals surface area contributed by atoms with Crippen molar-refractivity contribution < 1.29 is 4.74 Å². The van der Waals surface area contributed by atoms with Crippen LogP contribution in [0.1, 0.15) is 0 Å². The van der Waals surface area contributed by atoms with Crippen molar-refractivity contribution in [1.29, 1.82) is 0 Å². The molecule has 0 aliphatic carbocycles. The number of aromatic amines is 1. The van der Waals surface area contributed by atoms with Crippen molar-refractivity contribution in [1.82, 2.24) is 9.97 Å². The summed E-state index contributed by atoms with van der Waals surface area (Å²) in [5.74, 6) is 1.47. The third-order valence-electron chi connectivity index (χ3n) is 2.94. The summed E-state index contributed by atoms with van der Waals surface area (Å²) in [5.41, 5.74) is 2.74. The van der Waals surface area contributed by atoms with Gasteiger partial charge in [-0.1, -0.05) is 36.4 Å². The van der Waals surface area contributed by atoms with E-state index in [0.29, 0.717) is 11.6 Å². The van der Waals surface area contributed by atoms with Gasteiger partial charge in [0.1, 0.15) is 18.2 Å². The first-order chi connectivity index (χ1) is 9.78. The minimum atomic E-state index is 0.439. The third-order valence-corrected chi connectivity index (χ3v) is 3.18. The number of aromatic nitrogens is 2. The molecule has 0 radical (unpaired) electrons. The second kappa shape index (κ2) is 5.39. The van der Waals surface area contributed by atoms with Gasteiger partial charge in [0.15, 0.2) is 0 Å². The van der Waals surface area contributed by atoms with Gasteiger partial charge >= 0.3 is 0 Å². The Labute approximate surface area is 121 Å². The van der Waals surface area contributed by atoms with Gasteiger partial charge in [0, 0.05) is 5.02 Å². The largest absolute Gasteiger partial charge is 0.489 e. The Morgan fingerprint density at radius 3 is 2.90 bits per heavy atom. The zero-order valence-corrected chi connectivity index (χ0v) is 11.5. The second-order valence-electron chi connectivity index (χ2n) is 4.34. The molecule has 0 unspecified atom stereocenters. The summed E-state index contributed by atoms with van der Waals surface area (Å²) >= 11 is 6.08. The quantitative estimate of drug-likeness (QED) is 0.719. The van der Waals surface area contributed by atoms with Crippen molar-refractivity contribution in [2.75, 3.05) is 6.61 Å². The van der Waals surface area contributed by atoms with Crippen LogP contribution in [-0.4, -0.2) is 16.6 Å². The molecule has 4 heteroatoms. The average Bonchev–Trinajstić information content (AvgIpc) is 2.89. The maximum Gasteiger partial charge on any atom is 0.142 e. The van der Waals surface area contributed by atoms with Crippen molar-refractivity contribution in [3.63, 3.8) is 0 Å². The second-order valence-corrected chi connectivity index (χ2v) is 4.78. The molecule has 3 rings (SSSR count).